The van der Waals surface area contributed by atoms with E-state index in [0.29, 0.717) is 0 Å². The molecular formula is C20H21F3N2O5. The Morgan fingerprint density at radius 1 is 1.07 bits per heavy atom. The smallest absolute Gasteiger partial charge is 0.416 e. The molecule has 0 heterocycles. The number of carbonyl (C=O) groups is 2. The van der Waals surface area contributed by atoms with Crippen molar-refractivity contribution in [3.8, 4) is 17.2 Å². The molecular weight excluding hydrogens is 405 g/mol. The topological polar surface area (TPSA) is 99.9 Å². The minimum atomic E-state index is -4.47. The highest BCUT2D eigenvalue weighted by Gasteiger charge is 2.32. The Balaban J connectivity index is 2.13. The first-order chi connectivity index (χ1) is 14.2. The summed E-state index contributed by atoms with van der Waals surface area (Å²) in [6.45, 7) is -0.437. The SMILES string of the molecule is COc1cc(C(=O)NCCc2ccccc2C(F)(F)F)cc(OC)c1OCC(N)=O. The molecule has 0 bridgehead atoms. The molecule has 3 N–H and O–H groups in total. The van der Waals surface area contributed by atoms with E-state index in [0.717, 1.165) is 6.07 Å². The van der Waals surface area contributed by atoms with Crippen LogP contribution in [0.3, 0.4) is 0 Å². The number of amides is 2. The van der Waals surface area contributed by atoms with Gasteiger partial charge in [-0.25, -0.2) is 0 Å². The van der Waals surface area contributed by atoms with Gasteiger partial charge in [0.2, 0.25) is 5.75 Å². The molecule has 0 unspecified atom stereocenters. The molecule has 0 saturated carbocycles. The predicted octanol–water partition coefficient (Wildman–Crippen LogP) is 2.56. The summed E-state index contributed by atoms with van der Waals surface area (Å²) in [6.07, 6.45) is -4.47. The van der Waals surface area contributed by atoms with Crippen LogP contribution >= 0.6 is 0 Å². The number of primary amides is 1. The molecule has 0 saturated heterocycles. The lowest BCUT2D eigenvalue weighted by Crippen LogP contribution is -2.26. The number of nitrogens with two attached hydrogens (primary N) is 1. The Morgan fingerprint density at radius 3 is 2.20 bits per heavy atom. The normalized spacial score (nSPS) is 11.0. The average molecular weight is 426 g/mol. The summed E-state index contributed by atoms with van der Waals surface area (Å²) in [5.41, 5.74) is 4.54. The highest BCUT2D eigenvalue weighted by molar-refractivity contribution is 5.95. The molecule has 2 aromatic rings. The fourth-order valence-electron chi connectivity index (χ4n) is 2.72. The number of alkyl halides is 3. The van der Waals surface area contributed by atoms with Gasteiger partial charge in [0, 0.05) is 12.1 Å². The Morgan fingerprint density at radius 2 is 1.67 bits per heavy atom. The molecule has 162 valence electrons. The number of hydrogen-bond donors (Lipinski definition) is 2. The largest absolute Gasteiger partial charge is 0.493 e. The van der Waals surface area contributed by atoms with Crippen molar-refractivity contribution in [1.82, 2.24) is 5.32 Å². The van der Waals surface area contributed by atoms with Crippen LogP contribution in [-0.2, 0) is 17.4 Å². The lowest BCUT2D eigenvalue weighted by molar-refractivity contribution is -0.138. The molecule has 0 aliphatic heterocycles. The Kier molecular flexibility index (Phi) is 7.51. The summed E-state index contributed by atoms with van der Waals surface area (Å²) in [4.78, 5) is 23.4. The van der Waals surface area contributed by atoms with E-state index >= 15 is 0 Å². The molecule has 2 rings (SSSR count). The molecule has 30 heavy (non-hydrogen) atoms. The molecule has 0 radical (unpaired) electrons. The fraction of sp³-hybridized carbons (Fsp3) is 0.300. The van der Waals surface area contributed by atoms with Gasteiger partial charge in [-0.05, 0) is 30.2 Å². The van der Waals surface area contributed by atoms with Gasteiger partial charge in [-0.3, -0.25) is 9.59 Å². The monoisotopic (exact) mass is 426 g/mol. The van der Waals surface area contributed by atoms with Gasteiger partial charge >= 0.3 is 6.18 Å². The average Bonchev–Trinajstić information content (AvgIpc) is 2.70. The maximum atomic E-state index is 13.1. The van der Waals surface area contributed by atoms with Gasteiger partial charge < -0.3 is 25.3 Å². The zero-order chi connectivity index (χ0) is 22.3. The van der Waals surface area contributed by atoms with E-state index < -0.39 is 30.2 Å². The number of halogens is 3. The second-order valence-corrected chi connectivity index (χ2v) is 6.13. The first kappa shape index (κ1) is 22.9. The van der Waals surface area contributed by atoms with E-state index in [9.17, 15) is 22.8 Å². The molecule has 0 aromatic heterocycles. The van der Waals surface area contributed by atoms with E-state index in [-0.39, 0.29) is 41.3 Å². The molecule has 2 aromatic carbocycles. The van der Waals surface area contributed by atoms with Crippen molar-refractivity contribution in [1.29, 1.82) is 0 Å². The third-order valence-electron chi connectivity index (χ3n) is 4.08. The van der Waals surface area contributed by atoms with Gasteiger partial charge in [0.25, 0.3) is 11.8 Å². The third-order valence-corrected chi connectivity index (χ3v) is 4.08. The van der Waals surface area contributed by atoms with Crippen LogP contribution in [0.5, 0.6) is 17.2 Å². The highest BCUT2D eigenvalue weighted by atomic mass is 19.4. The summed E-state index contributed by atoms with van der Waals surface area (Å²) >= 11 is 0. The van der Waals surface area contributed by atoms with Gasteiger partial charge in [-0.2, -0.15) is 13.2 Å². The van der Waals surface area contributed by atoms with E-state index in [1.54, 1.807) is 0 Å². The Hall–Kier alpha value is -3.43. The van der Waals surface area contributed by atoms with E-state index in [1.807, 2.05) is 0 Å². The van der Waals surface area contributed by atoms with Crippen LogP contribution in [0.4, 0.5) is 13.2 Å². The molecule has 0 fully saturated rings. The second-order valence-electron chi connectivity index (χ2n) is 6.13. The second kappa shape index (κ2) is 9.86. The minimum absolute atomic E-state index is 0.00446. The van der Waals surface area contributed by atoms with Crippen LogP contribution in [0.25, 0.3) is 0 Å². The highest BCUT2D eigenvalue weighted by Crippen LogP contribution is 2.38. The van der Waals surface area contributed by atoms with E-state index in [4.69, 9.17) is 19.9 Å². The molecule has 0 atom stereocenters. The molecule has 10 heteroatoms. The van der Waals surface area contributed by atoms with Crippen molar-refractivity contribution in [3.63, 3.8) is 0 Å². The number of ether oxygens (including phenoxy) is 3. The zero-order valence-corrected chi connectivity index (χ0v) is 16.3. The zero-order valence-electron chi connectivity index (χ0n) is 16.3. The number of carbonyl (C=O) groups excluding carboxylic acids is 2. The number of rotatable bonds is 9. The lowest BCUT2D eigenvalue weighted by Gasteiger charge is -2.16. The molecule has 2 amide bonds. The van der Waals surface area contributed by atoms with Crippen molar-refractivity contribution in [3.05, 3.63) is 53.1 Å². The van der Waals surface area contributed by atoms with Crippen molar-refractivity contribution >= 4 is 11.8 Å². The summed E-state index contributed by atoms with van der Waals surface area (Å²) in [5.74, 6) is -0.904. The number of hydrogen-bond acceptors (Lipinski definition) is 5. The van der Waals surface area contributed by atoms with Crippen LogP contribution in [0.1, 0.15) is 21.5 Å². The van der Waals surface area contributed by atoms with Crippen LogP contribution in [0, 0.1) is 0 Å². The lowest BCUT2D eigenvalue weighted by atomic mass is 10.0. The standard InChI is InChI=1S/C20H21F3N2O5/c1-28-15-9-13(10-16(29-2)18(15)30-11-17(24)26)19(27)25-8-7-12-5-3-4-6-14(12)20(21,22)23/h3-6,9-10H,7-8,11H2,1-2H3,(H2,24,26)(H,25,27). The van der Waals surface area contributed by atoms with Crippen LogP contribution in [-0.4, -0.2) is 39.2 Å². The molecule has 0 aliphatic carbocycles. The maximum Gasteiger partial charge on any atom is 0.416 e. The maximum absolute atomic E-state index is 13.1. The third kappa shape index (κ3) is 5.79. The van der Waals surface area contributed by atoms with Crippen molar-refractivity contribution < 1.29 is 37.0 Å². The van der Waals surface area contributed by atoms with Crippen LogP contribution in [0.15, 0.2) is 36.4 Å². The fourth-order valence-corrected chi connectivity index (χ4v) is 2.72. The Labute approximate surface area is 170 Å². The first-order valence-corrected chi connectivity index (χ1v) is 8.77. The summed E-state index contributed by atoms with van der Waals surface area (Å²) in [7, 11) is 2.67. The van der Waals surface area contributed by atoms with Crippen LogP contribution in [0.2, 0.25) is 0 Å². The predicted molar refractivity (Wildman–Crippen MR) is 102 cm³/mol. The van der Waals surface area contributed by atoms with Gasteiger partial charge in [-0.1, -0.05) is 18.2 Å². The molecule has 7 nitrogen and oxygen atoms in total. The van der Waals surface area contributed by atoms with Gasteiger partial charge in [-0.15, -0.1) is 0 Å². The number of benzene rings is 2. The summed E-state index contributed by atoms with van der Waals surface area (Å²) < 4.78 is 54.8. The first-order valence-electron chi connectivity index (χ1n) is 8.77. The van der Waals surface area contributed by atoms with Crippen molar-refractivity contribution in [2.45, 2.75) is 12.6 Å². The van der Waals surface area contributed by atoms with Gasteiger partial charge in [0.15, 0.2) is 18.1 Å². The van der Waals surface area contributed by atoms with E-state index in [2.05, 4.69) is 5.32 Å². The van der Waals surface area contributed by atoms with E-state index in [1.165, 1.54) is 44.6 Å². The summed E-state index contributed by atoms with van der Waals surface area (Å²) in [5, 5.41) is 2.57. The van der Waals surface area contributed by atoms with Gasteiger partial charge in [0.1, 0.15) is 0 Å². The molecule has 0 spiro atoms. The Bertz CT molecular complexity index is 891. The molecule has 0 aliphatic rings. The van der Waals surface area contributed by atoms with Crippen molar-refractivity contribution in [2.24, 2.45) is 5.73 Å². The quantitative estimate of drug-likeness (QED) is 0.642. The summed E-state index contributed by atoms with van der Waals surface area (Å²) in [6, 6.07) is 7.90. The van der Waals surface area contributed by atoms with Crippen LogP contribution < -0.4 is 25.3 Å². The number of nitrogens with one attached hydrogen (secondary N) is 1. The van der Waals surface area contributed by atoms with Gasteiger partial charge in [0.05, 0.1) is 19.8 Å². The number of methoxy groups -OCH3 is 2. The minimum Gasteiger partial charge on any atom is -0.493 e. The van der Waals surface area contributed by atoms with Crippen molar-refractivity contribution in [2.75, 3.05) is 27.4 Å².